The smallest absolute Gasteiger partial charge is 0.325 e. The number of halogens is 1. The summed E-state index contributed by atoms with van der Waals surface area (Å²) in [4.78, 5) is 25.8. The highest BCUT2D eigenvalue weighted by molar-refractivity contribution is 5.96. The summed E-state index contributed by atoms with van der Waals surface area (Å²) in [7, 11) is 1.49. The molecule has 0 saturated heterocycles. The molecule has 0 spiro atoms. The zero-order valence-electron chi connectivity index (χ0n) is 20.5. The molecule has 2 bridgehead atoms. The Balaban J connectivity index is 1.47. The van der Waals surface area contributed by atoms with Gasteiger partial charge in [-0.2, -0.15) is 0 Å². The lowest BCUT2D eigenvalue weighted by molar-refractivity contribution is -0.143. The van der Waals surface area contributed by atoms with Gasteiger partial charge < -0.3 is 14.4 Å². The normalized spacial score (nSPS) is 28.8. The Kier molecular flexibility index (Phi) is 7.01. The lowest BCUT2D eigenvalue weighted by Crippen LogP contribution is -2.39. The predicted molar refractivity (Wildman–Crippen MR) is 125 cm³/mol. The van der Waals surface area contributed by atoms with Crippen molar-refractivity contribution in [3.05, 3.63) is 29.1 Å². The Morgan fingerprint density at radius 3 is 2.42 bits per heavy atom. The van der Waals surface area contributed by atoms with Gasteiger partial charge in [0, 0.05) is 18.5 Å². The van der Waals surface area contributed by atoms with E-state index in [1.165, 1.54) is 50.1 Å². The maximum absolute atomic E-state index is 15.1. The lowest BCUT2D eigenvalue weighted by Gasteiger charge is -2.47. The van der Waals surface area contributed by atoms with Crippen molar-refractivity contribution in [3.8, 4) is 5.75 Å². The fraction of sp³-hybridized carbons (Fsp3) is 0.704. The number of carbonyl (C=O) groups excluding carboxylic acids is 2. The van der Waals surface area contributed by atoms with E-state index < -0.39 is 17.7 Å². The van der Waals surface area contributed by atoms with Gasteiger partial charge in [-0.15, -0.1) is 0 Å². The Hall–Kier alpha value is -2.11. The molecule has 3 aliphatic carbocycles. The number of likely N-dealkylation sites (N-methyl/N-ethyl adjacent to an activating group) is 1. The Morgan fingerprint density at radius 2 is 1.82 bits per heavy atom. The van der Waals surface area contributed by atoms with Gasteiger partial charge in [0.05, 0.1) is 18.8 Å². The molecule has 0 N–H and O–H groups in total. The second-order valence-electron chi connectivity index (χ2n) is 11.2. The Bertz CT molecular complexity index is 878. The largest absolute Gasteiger partial charge is 0.493 e. The third kappa shape index (κ3) is 5.70. The second-order valence-corrected chi connectivity index (χ2v) is 11.2. The average Bonchev–Trinajstić information content (AvgIpc) is 3.56. The second kappa shape index (κ2) is 9.63. The monoisotopic (exact) mass is 459 g/mol. The van der Waals surface area contributed by atoms with E-state index in [-0.39, 0.29) is 24.1 Å². The summed E-state index contributed by atoms with van der Waals surface area (Å²) in [5.74, 6) is 1.63. The number of hydrogen-bond acceptors (Lipinski definition) is 4. The van der Waals surface area contributed by atoms with Crippen LogP contribution in [-0.2, 0) is 9.53 Å². The first kappa shape index (κ1) is 24.0. The van der Waals surface area contributed by atoms with Crippen LogP contribution in [0, 0.1) is 29.0 Å². The molecular weight excluding hydrogens is 421 g/mol. The van der Waals surface area contributed by atoms with E-state index in [1.54, 1.807) is 13.0 Å². The first-order valence-electron chi connectivity index (χ1n) is 12.5. The van der Waals surface area contributed by atoms with Crippen molar-refractivity contribution in [1.29, 1.82) is 0 Å². The number of benzene rings is 1. The molecule has 0 radical (unpaired) electrons. The molecule has 0 aliphatic heterocycles. The number of esters is 1. The van der Waals surface area contributed by atoms with Crippen molar-refractivity contribution in [3.63, 3.8) is 0 Å². The van der Waals surface area contributed by atoms with Crippen molar-refractivity contribution < 1.29 is 23.5 Å². The summed E-state index contributed by atoms with van der Waals surface area (Å²) in [6.07, 6.45) is 8.35. The molecule has 5 nitrogen and oxygen atoms in total. The van der Waals surface area contributed by atoms with Crippen LogP contribution in [0.1, 0.15) is 87.6 Å². The van der Waals surface area contributed by atoms with E-state index in [9.17, 15) is 9.59 Å². The number of nitrogens with zero attached hydrogens (tertiary/aromatic N) is 1. The molecule has 6 heteroatoms. The molecule has 0 aromatic heterocycles. The average molecular weight is 460 g/mol. The summed E-state index contributed by atoms with van der Waals surface area (Å²) in [5.41, 5.74) is 1.01. The standard InChI is InChI=1S/C27H38FNO4/c1-5-32-25(30)15-29(4)26(31)22-11-21(20-6-7-20)24(12-23(22)28)33-16-27(3)13-18-8-17(2)9-19(10-18)14-27/h11-12,17-20H,5-10,13-16H2,1-4H3. The molecule has 1 aromatic carbocycles. The number of ether oxygens (including phenoxy) is 2. The van der Waals surface area contributed by atoms with Crippen LogP contribution in [0.3, 0.4) is 0 Å². The first-order chi connectivity index (χ1) is 15.7. The van der Waals surface area contributed by atoms with Crippen molar-refractivity contribution in [2.45, 2.75) is 71.6 Å². The minimum atomic E-state index is -0.602. The van der Waals surface area contributed by atoms with Crippen LogP contribution < -0.4 is 4.74 Å². The fourth-order valence-electron chi connectivity index (χ4n) is 6.33. The van der Waals surface area contributed by atoms with E-state index in [1.807, 2.05) is 0 Å². The minimum absolute atomic E-state index is 0.0107. The minimum Gasteiger partial charge on any atom is -0.493 e. The third-order valence-electron chi connectivity index (χ3n) is 7.64. The van der Waals surface area contributed by atoms with Gasteiger partial charge in [-0.3, -0.25) is 9.59 Å². The van der Waals surface area contributed by atoms with Crippen LogP contribution in [-0.4, -0.2) is 43.6 Å². The summed E-state index contributed by atoms with van der Waals surface area (Å²) >= 11 is 0. The Labute approximate surface area is 197 Å². The topological polar surface area (TPSA) is 55.8 Å². The van der Waals surface area contributed by atoms with Gasteiger partial charge in [0.15, 0.2) is 0 Å². The first-order valence-corrected chi connectivity index (χ1v) is 12.5. The van der Waals surface area contributed by atoms with E-state index in [2.05, 4.69) is 13.8 Å². The van der Waals surface area contributed by atoms with Gasteiger partial charge in [-0.1, -0.05) is 13.8 Å². The van der Waals surface area contributed by atoms with Crippen LogP contribution in [0.2, 0.25) is 0 Å². The molecule has 1 aromatic rings. The maximum atomic E-state index is 15.1. The van der Waals surface area contributed by atoms with E-state index in [4.69, 9.17) is 9.47 Å². The van der Waals surface area contributed by atoms with Crippen LogP contribution in [0.5, 0.6) is 5.75 Å². The van der Waals surface area contributed by atoms with Crippen LogP contribution >= 0.6 is 0 Å². The van der Waals surface area contributed by atoms with Crippen molar-refractivity contribution in [2.75, 3.05) is 26.8 Å². The predicted octanol–water partition coefficient (Wildman–Crippen LogP) is 5.57. The molecule has 3 aliphatic rings. The zero-order valence-corrected chi connectivity index (χ0v) is 20.5. The highest BCUT2D eigenvalue weighted by atomic mass is 19.1. The van der Waals surface area contributed by atoms with Crippen LogP contribution in [0.4, 0.5) is 4.39 Å². The van der Waals surface area contributed by atoms with E-state index in [0.29, 0.717) is 18.3 Å². The molecule has 4 rings (SSSR count). The molecule has 2 atom stereocenters. The van der Waals surface area contributed by atoms with Crippen LogP contribution in [0.25, 0.3) is 0 Å². The van der Waals surface area contributed by atoms with Gasteiger partial charge in [0.1, 0.15) is 18.1 Å². The van der Waals surface area contributed by atoms with Gasteiger partial charge in [0.2, 0.25) is 0 Å². The summed E-state index contributed by atoms with van der Waals surface area (Å²) in [5, 5.41) is 0. The van der Waals surface area contributed by atoms with Crippen molar-refractivity contribution in [1.82, 2.24) is 4.90 Å². The number of hydrogen-bond donors (Lipinski definition) is 0. The lowest BCUT2D eigenvalue weighted by atomic mass is 9.60. The van der Waals surface area contributed by atoms with Gasteiger partial charge in [0.25, 0.3) is 5.91 Å². The molecule has 2 unspecified atom stereocenters. The van der Waals surface area contributed by atoms with E-state index in [0.717, 1.165) is 36.2 Å². The Morgan fingerprint density at radius 1 is 1.15 bits per heavy atom. The highest BCUT2D eigenvalue weighted by Gasteiger charge is 2.41. The number of carbonyl (C=O) groups is 2. The van der Waals surface area contributed by atoms with Crippen LogP contribution in [0.15, 0.2) is 12.1 Å². The molecule has 182 valence electrons. The molecule has 33 heavy (non-hydrogen) atoms. The maximum Gasteiger partial charge on any atom is 0.325 e. The third-order valence-corrected chi connectivity index (χ3v) is 7.64. The summed E-state index contributed by atoms with van der Waals surface area (Å²) < 4.78 is 26.3. The molecule has 3 fully saturated rings. The van der Waals surface area contributed by atoms with Gasteiger partial charge >= 0.3 is 5.97 Å². The van der Waals surface area contributed by atoms with Crippen molar-refractivity contribution in [2.24, 2.45) is 23.2 Å². The van der Waals surface area contributed by atoms with Crippen molar-refractivity contribution >= 4 is 11.9 Å². The number of rotatable bonds is 8. The van der Waals surface area contributed by atoms with Gasteiger partial charge in [-0.25, -0.2) is 4.39 Å². The molecule has 0 heterocycles. The fourth-order valence-corrected chi connectivity index (χ4v) is 6.33. The number of fused-ring (bicyclic) bond motifs is 2. The van der Waals surface area contributed by atoms with Gasteiger partial charge in [-0.05, 0) is 87.2 Å². The molecule has 1 amide bonds. The summed E-state index contributed by atoms with van der Waals surface area (Å²) in [6, 6.07) is 3.03. The highest BCUT2D eigenvalue weighted by Crippen LogP contribution is 2.51. The van der Waals surface area contributed by atoms with E-state index >= 15 is 4.39 Å². The quantitative estimate of drug-likeness (QED) is 0.477. The zero-order chi connectivity index (χ0) is 23.8. The number of amides is 1. The SMILES string of the molecule is CCOC(=O)CN(C)C(=O)c1cc(C2CC2)c(OCC2(C)CC3CC(C)CC(C3)C2)cc1F. The molecule has 3 saturated carbocycles. The summed E-state index contributed by atoms with van der Waals surface area (Å²) in [6.45, 7) is 7.02. The molecular formula is C27H38FNO4.